The first kappa shape index (κ1) is 18.7. The number of hydrogen-bond donors (Lipinski definition) is 2. The molecule has 2 N–H and O–H groups in total. The highest BCUT2D eigenvalue weighted by Crippen LogP contribution is 2.20. The molecular weight excluding hydrogens is 342 g/mol. The number of thiophene rings is 1. The lowest BCUT2D eigenvalue weighted by atomic mass is 10.2. The van der Waals surface area contributed by atoms with Crippen LogP contribution in [0.5, 0.6) is 0 Å². The maximum atomic E-state index is 12.4. The van der Waals surface area contributed by atoms with Gasteiger partial charge in [0.1, 0.15) is 0 Å². The zero-order valence-corrected chi connectivity index (χ0v) is 15.4. The van der Waals surface area contributed by atoms with Gasteiger partial charge in [0.05, 0.1) is 12.1 Å². The van der Waals surface area contributed by atoms with E-state index in [0.717, 1.165) is 11.4 Å². The monoisotopic (exact) mass is 363 g/mol. The Balaban J connectivity index is 2.09. The molecule has 2 aromatic heterocycles. The van der Waals surface area contributed by atoms with Gasteiger partial charge in [0, 0.05) is 23.3 Å². The molecule has 0 aliphatic carbocycles. The van der Waals surface area contributed by atoms with Gasteiger partial charge in [-0.05, 0) is 38.3 Å². The van der Waals surface area contributed by atoms with Crippen LogP contribution < -0.4 is 10.6 Å². The molecule has 0 aliphatic heterocycles. The largest absolute Gasteiger partial charge is 0.449 e. The SMILES string of the molecule is CNC(=O)NC(=O)[C@H](C)OC(=O)c1cc(C)n(Cc2cccs2)c1C. The van der Waals surface area contributed by atoms with Crippen LogP contribution in [0.1, 0.15) is 33.5 Å². The molecule has 134 valence electrons. The molecule has 0 saturated carbocycles. The molecule has 2 aromatic rings. The third-order valence-corrected chi connectivity index (χ3v) is 4.67. The number of nitrogens with zero attached hydrogens (tertiary/aromatic N) is 1. The topological polar surface area (TPSA) is 89.4 Å². The Hall–Kier alpha value is -2.61. The fraction of sp³-hybridized carbons (Fsp3) is 0.353. The standard InChI is InChI=1S/C17H21N3O4S/c1-10-8-14(11(2)20(10)9-13-6-5-7-25-13)16(22)24-12(3)15(21)19-17(23)18-4/h5-8,12H,9H2,1-4H3,(H2,18,19,21,23)/t12-/m0/s1. The molecule has 7 nitrogen and oxygen atoms in total. The molecule has 0 fully saturated rings. The van der Waals surface area contributed by atoms with Crippen molar-refractivity contribution in [1.29, 1.82) is 0 Å². The van der Waals surface area contributed by atoms with Crippen molar-refractivity contribution in [3.05, 3.63) is 45.4 Å². The number of carbonyl (C=O) groups is 3. The van der Waals surface area contributed by atoms with Crippen molar-refractivity contribution in [1.82, 2.24) is 15.2 Å². The Morgan fingerprint density at radius 3 is 2.64 bits per heavy atom. The molecule has 0 radical (unpaired) electrons. The fourth-order valence-electron chi connectivity index (χ4n) is 2.36. The summed E-state index contributed by atoms with van der Waals surface area (Å²) in [5.74, 6) is -1.27. The lowest BCUT2D eigenvalue weighted by Gasteiger charge is -2.13. The van der Waals surface area contributed by atoms with Crippen LogP contribution in [0.2, 0.25) is 0 Å². The number of aryl methyl sites for hydroxylation is 1. The second kappa shape index (κ2) is 7.98. The average molecular weight is 363 g/mol. The number of esters is 1. The highest BCUT2D eigenvalue weighted by atomic mass is 32.1. The van der Waals surface area contributed by atoms with Crippen LogP contribution in [0.25, 0.3) is 0 Å². The summed E-state index contributed by atoms with van der Waals surface area (Å²) in [6.07, 6.45) is -1.08. The Bertz CT molecular complexity index is 780. The van der Waals surface area contributed by atoms with Crippen molar-refractivity contribution in [2.75, 3.05) is 7.05 Å². The van der Waals surface area contributed by atoms with Gasteiger partial charge in [-0.2, -0.15) is 0 Å². The van der Waals surface area contributed by atoms with Crippen molar-refractivity contribution < 1.29 is 19.1 Å². The Labute approximate surface area is 150 Å². The van der Waals surface area contributed by atoms with Crippen molar-refractivity contribution >= 4 is 29.2 Å². The summed E-state index contributed by atoms with van der Waals surface area (Å²) < 4.78 is 7.21. The highest BCUT2D eigenvalue weighted by Gasteiger charge is 2.23. The van der Waals surface area contributed by atoms with E-state index >= 15 is 0 Å². The molecule has 2 rings (SSSR count). The van der Waals surface area contributed by atoms with Gasteiger partial charge in [0.2, 0.25) is 0 Å². The number of hydrogen-bond acceptors (Lipinski definition) is 5. The molecule has 0 spiro atoms. The quantitative estimate of drug-likeness (QED) is 0.797. The van der Waals surface area contributed by atoms with Crippen LogP contribution in [0.3, 0.4) is 0 Å². The van der Waals surface area contributed by atoms with E-state index in [1.54, 1.807) is 17.4 Å². The second-order valence-corrected chi connectivity index (χ2v) is 6.60. The summed E-state index contributed by atoms with van der Waals surface area (Å²) in [5.41, 5.74) is 2.11. The van der Waals surface area contributed by atoms with Crippen LogP contribution in [0.4, 0.5) is 4.79 Å². The Morgan fingerprint density at radius 1 is 1.32 bits per heavy atom. The minimum Gasteiger partial charge on any atom is -0.449 e. The van der Waals surface area contributed by atoms with E-state index < -0.39 is 24.0 Å². The molecule has 8 heteroatoms. The number of rotatable bonds is 5. The summed E-state index contributed by atoms with van der Waals surface area (Å²) in [6.45, 7) is 5.85. The van der Waals surface area contributed by atoms with Crippen LogP contribution in [-0.2, 0) is 16.1 Å². The van der Waals surface area contributed by atoms with Gasteiger partial charge in [-0.15, -0.1) is 11.3 Å². The number of carbonyl (C=O) groups excluding carboxylic acids is 3. The van der Waals surface area contributed by atoms with Gasteiger partial charge in [-0.25, -0.2) is 9.59 Å². The third kappa shape index (κ3) is 4.48. The first-order valence-electron chi connectivity index (χ1n) is 7.76. The summed E-state index contributed by atoms with van der Waals surface area (Å²) in [7, 11) is 1.39. The molecule has 2 heterocycles. The van der Waals surface area contributed by atoms with Crippen LogP contribution in [-0.4, -0.2) is 35.6 Å². The molecule has 1 atom stereocenters. The van der Waals surface area contributed by atoms with Gasteiger partial charge in [-0.1, -0.05) is 6.07 Å². The zero-order valence-electron chi connectivity index (χ0n) is 14.6. The number of aromatic nitrogens is 1. The van der Waals surface area contributed by atoms with E-state index in [2.05, 4.69) is 10.6 Å². The van der Waals surface area contributed by atoms with Gasteiger partial charge >= 0.3 is 12.0 Å². The lowest BCUT2D eigenvalue weighted by molar-refractivity contribution is -0.127. The van der Waals surface area contributed by atoms with E-state index in [-0.39, 0.29) is 0 Å². The molecule has 0 bridgehead atoms. The lowest BCUT2D eigenvalue weighted by Crippen LogP contribution is -2.43. The van der Waals surface area contributed by atoms with E-state index in [4.69, 9.17) is 4.74 Å². The minimum atomic E-state index is -1.08. The molecular formula is C17H21N3O4S. The van der Waals surface area contributed by atoms with Gasteiger partial charge < -0.3 is 14.6 Å². The molecule has 25 heavy (non-hydrogen) atoms. The summed E-state index contributed by atoms with van der Waals surface area (Å²) in [4.78, 5) is 36.5. The zero-order chi connectivity index (χ0) is 18.6. The molecule has 0 aromatic carbocycles. The average Bonchev–Trinajstić information content (AvgIpc) is 3.18. The predicted octanol–water partition coefficient (Wildman–Crippen LogP) is 2.22. The fourth-order valence-corrected chi connectivity index (χ4v) is 3.06. The smallest absolute Gasteiger partial charge is 0.340 e. The third-order valence-electron chi connectivity index (χ3n) is 3.80. The first-order chi connectivity index (χ1) is 11.8. The predicted molar refractivity (Wildman–Crippen MR) is 94.8 cm³/mol. The maximum absolute atomic E-state index is 12.4. The van der Waals surface area contributed by atoms with Crippen molar-refractivity contribution in [2.45, 2.75) is 33.4 Å². The van der Waals surface area contributed by atoms with E-state index in [1.807, 2.05) is 35.9 Å². The van der Waals surface area contributed by atoms with Crippen LogP contribution in [0.15, 0.2) is 23.6 Å². The summed E-state index contributed by atoms with van der Waals surface area (Å²) in [5, 5.41) is 6.35. The van der Waals surface area contributed by atoms with Gasteiger partial charge in [0.15, 0.2) is 6.10 Å². The van der Waals surface area contributed by atoms with E-state index in [0.29, 0.717) is 12.1 Å². The number of urea groups is 1. The van der Waals surface area contributed by atoms with Gasteiger partial charge in [0.25, 0.3) is 5.91 Å². The summed E-state index contributed by atoms with van der Waals surface area (Å²) in [6, 6.07) is 5.11. The second-order valence-electron chi connectivity index (χ2n) is 5.57. The molecule has 0 aliphatic rings. The van der Waals surface area contributed by atoms with Crippen molar-refractivity contribution in [3.8, 4) is 0 Å². The minimum absolute atomic E-state index is 0.411. The Morgan fingerprint density at radius 2 is 2.04 bits per heavy atom. The molecule has 0 saturated heterocycles. The Kier molecular flexibility index (Phi) is 5.97. The highest BCUT2D eigenvalue weighted by molar-refractivity contribution is 7.09. The normalized spacial score (nSPS) is 11.7. The number of ether oxygens (including phenoxy) is 1. The van der Waals surface area contributed by atoms with Crippen molar-refractivity contribution in [2.24, 2.45) is 0 Å². The molecule has 0 unspecified atom stereocenters. The van der Waals surface area contributed by atoms with Gasteiger partial charge in [-0.3, -0.25) is 10.1 Å². The summed E-state index contributed by atoms with van der Waals surface area (Å²) >= 11 is 1.65. The van der Waals surface area contributed by atoms with Crippen molar-refractivity contribution in [3.63, 3.8) is 0 Å². The van der Waals surface area contributed by atoms with E-state index in [1.165, 1.54) is 18.8 Å². The molecule has 3 amide bonds. The maximum Gasteiger partial charge on any atom is 0.340 e. The van der Waals surface area contributed by atoms with E-state index in [9.17, 15) is 14.4 Å². The first-order valence-corrected chi connectivity index (χ1v) is 8.64. The van der Waals surface area contributed by atoms with Crippen LogP contribution in [0, 0.1) is 13.8 Å². The van der Waals surface area contributed by atoms with Crippen LogP contribution >= 0.6 is 11.3 Å². The number of nitrogens with one attached hydrogen (secondary N) is 2. The number of imide groups is 1. The number of amides is 3.